The largest absolute Gasteiger partial charge is 0.490 e. The molecule has 0 atom stereocenters. The molecule has 4 heterocycles. The van der Waals surface area contributed by atoms with Gasteiger partial charge in [-0.25, -0.2) is 17.7 Å². The molecule has 2 aliphatic heterocycles. The molecule has 44 heavy (non-hydrogen) atoms. The first-order valence-electron chi connectivity index (χ1n) is 15.2. The molecule has 1 N–H and O–H groups in total. The third-order valence-corrected chi connectivity index (χ3v) is 9.79. The number of nitrogens with zero attached hydrogens (tertiary/aromatic N) is 6. The van der Waals surface area contributed by atoms with E-state index in [2.05, 4.69) is 20.2 Å². The molecule has 0 radical (unpaired) electrons. The Kier molecular flexibility index (Phi) is 10.8. The molecule has 0 saturated carbocycles. The number of pyridine rings is 1. The number of amides is 1. The minimum atomic E-state index is -3.39. The van der Waals surface area contributed by atoms with E-state index >= 15 is 0 Å². The fourth-order valence-electron chi connectivity index (χ4n) is 5.39. The minimum Gasteiger partial charge on any atom is -0.490 e. The molecule has 14 heteroatoms. The molecule has 0 unspecified atom stereocenters. The van der Waals surface area contributed by atoms with Crippen molar-refractivity contribution >= 4 is 32.7 Å². The molecule has 1 amide bonds. The third kappa shape index (κ3) is 7.54. The molecular weight excluding hydrogens is 586 g/mol. The van der Waals surface area contributed by atoms with Crippen molar-refractivity contribution in [2.24, 2.45) is 4.99 Å². The highest BCUT2D eigenvalue weighted by atomic mass is 32.2. The summed E-state index contributed by atoms with van der Waals surface area (Å²) in [6.45, 7) is 10.6. The number of carbonyl (C=O) groups excluding carboxylic acids is 1. The van der Waals surface area contributed by atoms with Crippen LogP contribution < -0.4 is 20.4 Å². The van der Waals surface area contributed by atoms with Gasteiger partial charge in [-0.1, -0.05) is 13.8 Å². The van der Waals surface area contributed by atoms with Crippen LogP contribution in [0, 0.1) is 0 Å². The van der Waals surface area contributed by atoms with E-state index in [9.17, 15) is 13.2 Å². The van der Waals surface area contributed by atoms with Crippen LogP contribution in [0.1, 0.15) is 37.0 Å². The molecule has 2 aromatic heterocycles. The molecule has 0 bridgehead atoms. The van der Waals surface area contributed by atoms with E-state index in [1.807, 2.05) is 30.5 Å². The minimum absolute atomic E-state index is 0.0321. The number of rotatable bonds is 14. The molecule has 5 rings (SSSR count). The number of nitrogens with one attached hydrogen (secondary N) is 1. The lowest BCUT2D eigenvalue weighted by molar-refractivity contribution is 0.0357. The first-order valence-corrected chi connectivity index (χ1v) is 16.9. The summed E-state index contributed by atoms with van der Waals surface area (Å²) in [5.74, 6) is 1.20. The molecule has 0 spiro atoms. The second-order valence-corrected chi connectivity index (χ2v) is 12.6. The van der Waals surface area contributed by atoms with Crippen LogP contribution in [0.15, 0.2) is 41.7 Å². The van der Waals surface area contributed by atoms with Crippen LogP contribution in [0.25, 0.3) is 10.9 Å². The Hall–Kier alpha value is -3.59. The van der Waals surface area contributed by atoms with E-state index in [1.165, 1.54) is 10.5 Å². The zero-order valence-electron chi connectivity index (χ0n) is 25.4. The van der Waals surface area contributed by atoms with Gasteiger partial charge in [0, 0.05) is 63.6 Å². The average Bonchev–Trinajstić information content (AvgIpc) is 3.54. The Morgan fingerprint density at radius 2 is 1.89 bits per heavy atom. The predicted octanol–water partition coefficient (Wildman–Crippen LogP) is 2.14. The number of ether oxygens (including phenoxy) is 3. The molecule has 1 fully saturated rings. The number of sulfonamides is 1. The summed E-state index contributed by atoms with van der Waals surface area (Å²) in [6, 6.07) is 7.13. The highest BCUT2D eigenvalue weighted by Crippen LogP contribution is 2.37. The van der Waals surface area contributed by atoms with Crippen LogP contribution >= 0.6 is 0 Å². The van der Waals surface area contributed by atoms with Gasteiger partial charge in [-0.05, 0) is 37.1 Å². The fourth-order valence-corrected chi connectivity index (χ4v) is 6.92. The Balaban J connectivity index is 1.44. The molecular formula is C30H41N7O6S. The third-order valence-electron chi connectivity index (χ3n) is 7.68. The molecule has 13 nitrogen and oxygen atoms in total. The van der Waals surface area contributed by atoms with Crippen LogP contribution in [-0.2, 0) is 21.3 Å². The van der Waals surface area contributed by atoms with E-state index in [1.54, 1.807) is 18.3 Å². The summed E-state index contributed by atoms with van der Waals surface area (Å²) in [7, 11) is -3.39. The van der Waals surface area contributed by atoms with Gasteiger partial charge in [-0.2, -0.15) is 4.99 Å². The lowest BCUT2D eigenvalue weighted by atomic mass is 10.2. The van der Waals surface area contributed by atoms with Gasteiger partial charge < -0.3 is 19.5 Å². The summed E-state index contributed by atoms with van der Waals surface area (Å²) < 4.78 is 46.8. The van der Waals surface area contributed by atoms with Gasteiger partial charge in [-0.15, -0.1) is 0 Å². The van der Waals surface area contributed by atoms with Crippen molar-refractivity contribution in [2.45, 2.75) is 33.2 Å². The first kappa shape index (κ1) is 31.8. The van der Waals surface area contributed by atoms with Gasteiger partial charge in [0.1, 0.15) is 11.3 Å². The number of aromatic nitrogens is 3. The fraction of sp³-hybridized carbons (Fsp3) is 0.533. The molecule has 1 saturated heterocycles. The highest BCUT2D eigenvalue weighted by molar-refractivity contribution is 7.89. The number of carbonyl (C=O) groups is 1. The zero-order valence-corrected chi connectivity index (χ0v) is 26.2. The SMILES string of the molecule is CCN(CC)S(=O)(=O)CCCOc1c(OCCCN2CCOCC2)ccc2c3n(c(=NC(=O)c4cccnc4)nc12)CCN3. The predicted molar refractivity (Wildman–Crippen MR) is 167 cm³/mol. The van der Waals surface area contributed by atoms with Crippen molar-refractivity contribution in [2.75, 3.05) is 76.8 Å². The quantitative estimate of drug-likeness (QED) is 0.264. The Morgan fingerprint density at radius 1 is 1.09 bits per heavy atom. The Labute approximate surface area is 257 Å². The smallest absolute Gasteiger partial charge is 0.281 e. The van der Waals surface area contributed by atoms with Gasteiger partial charge in [0.15, 0.2) is 11.5 Å². The Morgan fingerprint density at radius 3 is 2.64 bits per heavy atom. The summed E-state index contributed by atoms with van der Waals surface area (Å²) in [5.41, 5.74) is 1.09. The van der Waals surface area contributed by atoms with Crippen molar-refractivity contribution in [3.63, 3.8) is 0 Å². The molecule has 0 aliphatic carbocycles. The van der Waals surface area contributed by atoms with Gasteiger partial charge >= 0.3 is 0 Å². The van der Waals surface area contributed by atoms with Gasteiger partial charge in [0.2, 0.25) is 15.6 Å². The van der Waals surface area contributed by atoms with Crippen LogP contribution in [0.5, 0.6) is 11.5 Å². The van der Waals surface area contributed by atoms with Crippen molar-refractivity contribution in [1.29, 1.82) is 0 Å². The number of anilines is 1. The number of fused-ring (bicyclic) bond motifs is 3. The standard InChI is InChI=1S/C30H41N7O6S/c1-3-36(4-2)44(39,40)21-7-18-43-27-25(42-17-6-13-35-15-19-41-20-16-35)10-9-24-26(27)33-30(37-14-12-32-28(24)37)34-29(38)23-8-5-11-31-22-23/h5,8-11,22,32H,3-4,6-7,12-21H2,1-2H3. The van der Waals surface area contributed by atoms with Gasteiger partial charge in [0.25, 0.3) is 5.91 Å². The van der Waals surface area contributed by atoms with E-state index < -0.39 is 15.9 Å². The van der Waals surface area contributed by atoms with Crippen LogP contribution in [0.3, 0.4) is 0 Å². The van der Waals surface area contributed by atoms with Crippen LogP contribution in [0.2, 0.25) is 0 Å². The molecule has 2 aliphatic rings. The second kappa shape index (κ2) is 14.9. The van der Waals surface area contributed by atoms with E-state index in [0.717, 1.165) is 50.5 Å². The number of hydrogen-bond acceptors (Lipinski definition) is 10. The summed E-state index contributed by atoms with van der Waals surface area (Å²) in [5, 5.41) is 4.18. The van der Waals surface area contributed by atoms with Gasteiger partial charge in [-0.3, -0.25) is 19.2 Å². The van der Waals surface area contributed by atoms with E-state index in [-0.39, 0.29) is 18.0 Å². The number of benzene rings is 1. The molecule has 1 aromatic carbocycles. The van der Waals surface area contributed by atoms with Gasteiger partial charge in [0.05, 0.1) is 37.7 Å². The lowest BCUT2D eigenvalue weighted by Gasteiger charge is -2.26. The van der Waals surface area contributed by atoms with Crippen LogP contribution in [-0.4, -0.2) is 110 Å². The maximum absolute atomic E-state index is 13.0. The van der Waals surface area contributed by atoms with Crippen LogP contribution in [0.4, 0.5) is 5.82 Å². The van der Waals surface area contributed by atoms with Crippen molar-refractivity contribution in [3.05, 3.63) is 47.8 Å². The van der Waals surface area contributed by atoms with Crippen molar-refractivity contribution in [3.8, 4) is 11.5 Å². The van der Waals surface area contributed by atoms with E-state index in [0.29, 0.717) is 61.8 Å². The maximum Gasteiger partial charge on any atom is 0.281 e. The van der Waals surface area contributed by atoms with E-state index in [4.69, 9.17) is 19.2 Å². The Bertz CT molecular complexity index is 1600. The zero-order chi connectivity index (χ0) is 30.9. The molecule has 238 valence electrons. The monoisotopic (exact) mass is 627 g/mol. The number of morpholine rings is 1. The summed E-state index contributed by atoms with van der Waals surface area (Å²) in [6.07, 6.45) is 4.18. The second-order valence-electron chi connectivity index (χ2n) is 10.5. The lowest BCUT2D eigenvalue weighted by Crippen LogP contribution is -2.37. The molecule has 3 aromatic rings. The number of hydrogen-bond donors (Lipinski definition) is 1. The highest BCUT2D eigenvalue weighted by Gasteiger charge is 2.23. The maximum atomic E-state index is 13.0. The van der Waals surface area contributed by atoms with Crippen molar-refractivity contribution < 1.29 is 27.4 Å². The summed E-state index contributed by atoms with van der Waals surface area (Å²) >= 11 is 0. The van der Waals surface area contributed by atoms with Crippen molar-refractivity contribution in [1.82, 2.24) is 23.7 Å². The topological polar surface area (TPSA) is 140 Å². The first-order chi connectivity index (χ1) is 21.4. The summed E-state index contributed by atoms with van der Waals surface area (Å²) in [4.78, 5) is 28.6. The average molecular weight is 628 g/mol. The normalized spacial score (nSPS) is 15.8.